The molecule has 3 heteroatoms. The summed E-state index contributed by atoms with van der Waals surface area (Å²) < 4.78 is 4.53. The molecule has 12 heavy (non-hydrogen) atoms. The van der Waals surface area contributed by atoms with Crippen LogP contribution in [-0.2, 0) is 9.53 Å². The van der Waals surface area contributed by atoms with E-state index in [1.54, 1.807) is 0 Å². The number of hydrogen-bond donors (Lipinski definition) is 0. The summed E-state index contributed by atoms with van der Waals surface area (Å²) in [7, 11) is 1.43. The highest BCUT2D eigenvalue weighted by atomic mass is 32.2. The van der Waals surface area contributed by atoms with Crippen LogP contribution in [0.3, 0.4) is 0 Å². The zero-order valence-electron chi connectivity index (χ0n) is 8.13. The SMILES string of the molecule is COC(=O)CCCSCC(C)C. The number of rotatable bonds is 6. The van der Waals surface area contributed by atoms with E-state index in [1.807, 2.05) is 11.8 Å². The van der Waals surface area contributed by atoms with Crippen LogP contribution >= 0.6 is 11.8 Å². The molecule has 0 atom stereocenters. The molecule has 0 aliphatic heterocycles. The zero-order chi connectivity index (χ0) is 9.40. The second-order valence-electron chi connectivity index (χ2n) is 3.15. The summed E-state index contributed by atoms with van der Waals surface area (Å²) in [6.07, 6.45) is 1.49. The number of thioether (sulfide) groups is 1. The van der Waals surface area contributed by atoms with Crippen LogP contribution in [0.5, 0.6) is 0 Å². The zero-order valence-corrected chi connectivity index (χ0v) is 8.95. The summed E-state index contributed by atoms with van der Waals surface area (Å²) in [6, 6.07) is 0. The topological polar surface area (TPSA) is 26.3 Å². The molecule has 0 radical (unpaired) electrons. The van der Waals surface area contributed by atoms with E-state index in [9.17, 15) is 4.79 Å². The largest absolute Gasteiger partial charge is 0.469 e. The van der Waals surface area contributed by atoms with E-state index in [0.717, 1.165) is 18.1 Å². The quantitative estimate of drug-likeness (QED) is 0.475. The van der Waals surface area contributed by atoms with Crippen LogP contribution in [0.25, 0.3) is 0 Å². The minimum absolute atomic E-state index is 0.0971. The standard InChI is InChI=1S/C9H18O2S/c1-8(2)7-12-6-4-5-9(10)11-3/h8H,4-7H2,1-3H3. The third kappa shape index (κ3) is 7.92. The Hall–Kier alpha value is -0.180. The normalized spacial score (nSPS) is 10.3. The van der Waals surface area contributed by atoms with Crippen molar-refractivity contribution in [2.24, 2.45) is 5.92 Å². The van der Waals surface area contributed by atoms with Crippen molar-refractivity contribution in [2.75, 3.05) is 18.6 Å². The Morgan fingerprint density at radius 2 is 2.17 bits per heavy atom. The van der Waals surface area contributed by atoms with Gasteiger partial charge < -0.3 is 4.74 Å². The molecule has 0 aliphatic rings. The van der Waals surface area contributed by atoms with Gasteiger partial charge in [-0.1, -0.05) is 13.8 Å². The lowest BCUT2D eigenvalue weighted by Crippen LogP contribution is -2.00. The summed E-state index contributed by atoms with van der Waals surface area (Å²) >= 11 is 1.91. The number of hydrogen-bond acceptors (Lipinski definition) is 3. The first-order chi connectivity index (χ1) is 5.66. The van der Waals surface area contributed by atoms with E-state index in [-0.39, 0.29) is 5.97 Å². The van der Waals surface area contributed by atoms with Gasteiger partial charge in [0.05, 0.1) is 7.11 Å². The molecule has 0 unspecified atom stereocenters. The Labute approximate surface area is 79.1 Å². The molecular formula is C9H18O2S. The summed E-state index contributed by atoms with van der Waals surface area (Å²) in [4.78, 5) is 10.7. The van der Waals surface area contributed by atoms with Crippen LogP contribution in [0, 0.1) is 5.92 Å². The van der Waals surface area contributed by atoms with Gasteiger partial charge in [-0.25, -0.2) is 0 Å². The van der Waals surface area contributed by atoms with Gasteiger partial charge in [-0.05, 0) is 23.8 Å². The highest BCUT2D eigenvalue weighted by Gasteiger charge is 1.99. The molecule has 2 nitrogen and oxygen atoms in total. The van der Waals surface area contributed by atoms with Crippen molar-refractivity contribution in [1.29, 1.82) is 0 Å². The third-order valence-corrected chi connectivity index (χ3v) is 2.83. The molecule has 0 N–H and O–H groups in total. The molecule has 72 valence electrons. The summed E-state index contributed by atoms with van der Waals surface area (Å²) in [5.74, 6) is 2.89. The third-order valence-electron chi connectivity index (χ3n) is 1.35. The Kier molecular flexibility index (Phi) is 7.36. The molecule has 0 rings (SSSR count). The van der Waals surface area contributed by atoms with Gasteiger partial charge in [-0.2, -0.15) is 11.8 Å². The fourth-order valence-electron chi connectivity index (χ4n) is 0.740. The minimum Gasteiger partial charge on any atom is -0.469 e. The smallest absolute Gasteiger partial charge is 0.305 e. The maximum atomic E-state index is 10.7. The average Bonchev–Trinajstić information content (AvgIpc) is 2.03. The molecule has 0 amide bonds. The maximum absolute atomic E-state index is 10.7. The monoisotopic (exact) mass is 190 g/mol. The van der Waals surface area contributed by atoms with Crippen LogP contribution < -0.4 is 0 Å². The van der Waals surface area contributed by atoms with Gasteiger partial charge in [0.15, 0.2) is 0 Å². The van der Waals surface area contributed by atoms with Crippen molar-refractivity contribution in [2.45, 2.75) is 26.7 Å². The Bertz CT molecular complexity index is 124. The van der Waals surface area contributed by atoms with Gasteiger partial charge in [-0.3, -0.25) is 4.79 Å². The van der Waals surface area contributed by atoms with Gasteiger partial charge in [0.1, 0.15) is 0 Å². The van der Waals surface area contributed by atoms with E-state index in [4.69, 9.17) is 0 Å². The van der Waals surface area contributed by atoms with Crippen LogP contribution in [0.15, 0.2) is 0 Å². The van der Waals surface area contributed by atoms with Crippen LogP contribution in [0.1, 0.15) is 26.7 Å². The lowest BCUT2D eigenvalue weighted by Gasteiger charge is -2.03. The fourth-order valence-corrected chi connectivity index (χ4v) is 1.73. The van der Waals surface area contributed by atoms with E-state index in [0.29, 0.717) is 6.42 Å². The molecule has 0 aromatic heterocycles. The molecule has 0 aliphatic carbocycles. The first-order valence-corrected chi connectivity index (χ1v) is 5.47. The lowest BCUT2D eigenvalue weighted by molar-refractivity contribution is -0.140. The van der Waals surface area contributed by atoms with Crippen molar-refractivity contribution in [1.82, 2.24) is 0 Å². The number of esters is 1. The average molecular weight is 190 g/mol. The lowest BCUT2D eigenvalue weighted by atomic mass is 10.3. The van der Waals surface area contributed by atoms with Crippen molar-refractivity contribution >= 4 is 17.7 Å². The van der Waals surface area contributed by atoms with Gasteiger partial charge >= 0.3 is 5.97 Å². The Balaban J connectivity index is 3.05. The molecule has 0 saturated carbocycles. The van der Waals surface area contributed by atoms with Gasteiger partial charge in [0.2, 0.25) is 0 Å². The van der Waals surface area contributed by atoms with Crippen molar-refractivity contribution in [3.05, 3.63) is 0 Å². The summed E-state index contributed by atoms with van der Waals surface area (Å²) in [5, 5.41) is 0. The van der Waals surface area contributed by atoms with E-state index < -0.39 is 0 Å². The second kappa shape index (κ2) is 7.47. The number of carbonyl (C=O) groups excluding carboxylic acids is 1. The van der Waals surface area contributed by atoms with Crippen molar-refractivity contribution in [3.8, 4) is 0 Å². The number of methoxy groups -OCH3 is 1. The maximum Gasteiger partial charge on any atom is 0.305 e. The number of ether oxygens (including phenoxy) is 1. The molecule has 0 aromatic carbocycles. The van der Waals surface area contributed by atoms with E-state index in [2.05, 4.69) is 18.6 Å². The second-order valence-corrected chi connectivity index (χ2v) is 4.30. The highest BCUT2D eigenvalue weighted by molar-refractivity contribution is 7.99. The fraction of sp³-hybridized carbons (Fsp3) is 0.889. The molecular weight excluding hydrogens is 172 g/mol. The van der Waals surface area contributed by atoms with Crippen molar-refractivity contribution < 1.29 is 9.53 Å². The van der Waals surface area contributed by atoms with Crippen molar-refractivity contribution in [3.63, 3.8) is 0 Å². The van der Waals surface area contributed by atoms with Crippen LogP contribution in [-0.4, -0.2) is 24.6 Å². The number of carbonyl (C=O) groups is 1. The predicted molar refractivity (Wildman–Crippen MR) is 53.4 cm³/mol. The van der Waals surface area contributed by atoms with Gasteiger partial charge in [-0.15, -0.1) is 0 Å². The van der Waals surface area contributed by atoms with Gasteiger partial charge in [0, 0.05) is 6.42 Å². The molecule has 0 saturated heterocycles. The van der Waals surface area contributed by atoms with E-state index >= 15 is 0 Å². The molecule has 0 fully saturated rings. The summed E-state index contributed by atoms with van der Waals surface area (Å²) in [6.45, 7) is 4.40. The van der Waals surface area contributed by atoms with Crippen LogP contribution in [0.2, 0.25) is 0 Å². The molecule has 0 bridgehead atoms. The molecule has 0 aromatic rings. The highest BCUT2D eigenvalue weighted by Crippen LogP contribution is 2.09. The summed E-state index contributed by atoms with van der Waals surface area (Å²) in [5.41, 5.74) is 0. The Morgan fingerprint density at radius 3 is 2.67 bits per heavy atom. The van der Waals surface area contributed by atoms with Crippen LogP contribution in [0.4, 0.5) is 0 Å². The van der Waals surface area contributed by atoms with E-state index in [1.165, 1.54) is 12.9 Å². The minimum atomic E-state index is -0.0971. The molecule has 0 heterocycles. The predicted octanol–water partition coefficient (Wildman–Crippen LogP) is 2.33. The first kappa shape index (κ1) is 11.8. The first-order valence-electron chi connectivity index (χ1n) is 4.31. The Morgan fingerprint density at radius 1 is 1.50 bits per heavy atom. The van der Waals surface area contributed by atoms with Gasteiger partial charge in [0.25, 0.3) is 0 Å². The molecule has 0 spiro atoms.